The van der Waals surface area contributed by atoms with Crippen molar-refractivity contribution in [1.29, 1.82) is 0 Å². The monoisotopic (exact) mass is 288 g/mol. The van der Waals surface area contributed by atoms with Gasteiger partial charge < -0.3 is 15.4 Å². The van der Waals surface area contributed by atoms with Gasteiger partial charge in [0.25, 0.3) is 0 Å². The standard InChI is InChI=1S/C17H24N2O2/c1-3-13-10-14(5-4-12(13)2)18-16(20)19-15-11-17(15)6-8-21-9-7-17/h4-5,10,15H,3,6-9,11H2,1-2H3,(H2,18,19,20)/t15-/m1/s1. The third-order valence-electron chi connectivity index (χ3n) is 4.97. The van der Waals surface area contributed by atoms with Crippen LogP contribution in [-0.2, 0) is 11.2 Å². The van der Waals surface area contributed by atoms with Crippen molar-refractivity contribution in [2.24, 2.45) is 5.41 Å². The van der Waals surface area contributed by atoms with Crippen LogP contribution in [0.25, 0.3) is 0 Å². The molecule has 2 amide bonds. The Labute approximate surface area is 126 Å². The van der Waals surface area contributed by atoms with E-state index in [0.29, 0.717) is 11.5 Å². The van der Waals surface area contributed by atoms with Crippen LogP contribution in [0, 0.1) is 12.3 Å². The summed E-state index contributed by atoms with van der Waals surface area (Å²) in [5.41, 5.74) is 3.74. The summed E-state index contributed by atoms with van der Waals surface area (Å²) >= 11 is 0. The van der Waals surface area contributed by atoms with Crippen molar-refractivity contribution in [3.05, 3.63) is 29.3 Å². The van der Waals surface area contributed by atoms with E-state index in [1.165, 1.54) is 11.1 Å². The molecule has 1 aliphatic heterocycles. The number of carbonyl (C=O) groups excluding carboxylic acids is 1. The largest absolute Gasteiger partial charge is 0.381 e. The summed E-state index contributed by atoms with van der Waals surface area (Å²) in [5, 5.41) is 6.07. The van der Waals surface area contributed by atoms with Crippen LogP contribution in [0.5, 0.6) is 0 Å². The molecule has 1 aromatic rings. The number of ether oxygens (including phenoxy) is 1. The molecule has 0 aromatic heterocycles. The lowest BCUT2D eigenvalue weighted by molar-refractivity contribution is 0.0548. The summed E-state index contributed by atoms with van der Waals surface area (Å²) in [6.45, 7) is 5.89. The number of benzene rings is 1. The fraction of sp³-hybridized carbons (Fsp3) is 0.588. The average Bonchev–Trinajstić information content (AvgIpc) is 3.12. The van der Waals surface area contributed by atoms with Gasteiger partial charge in [0.1, 0.15) is 0 Å². The Morgan fingerprint density at radius 3 is 2.86 bits per heavy atom. The second-order valence-electron chi connectivity index (χ2n) is 6.32. The van der Waals surface area contributed by atoms with Gasteiger partial charge in [-0.05, 0) is 61.3 Å². The van der Waals surface area contributed by atoms with Crippen LogP contribution in [0.2, 0.25) is 0 Å². The first kappa shape index (κ1) is 14.4. The number of amides is 2. The lowest BCUT2D eigenvalue weighted by atomic mass is 9.96. The lowest BCUT2D eigenvalue weighted by Gasteiger charge is -2.23. The predicted molar refractivity (Wildman–Crippen MR) is 83.6 cm³/mol. The first-order chi connectivity index (χ1) is 10.1. The molecule has 2 aliphatic rings. The number of hydrogen-bond donors (Lipinski definition) is 2. The first-order valence-electron chi connectivity index (χ1n) is 7.88. The number of urea groups is 1. The van der Waals surface area contributed by atoms with E-state index in [0.717, 1.165) is 44.6 Å². The van der Waals surface area contributed by atoms with Gasteiger partial charge in [0.15, 0.2) is 0 Å². The summed E-state index contributed by atoms with van der Waals surface area (Å²) in [6, 6.07) is 6.31. The maximum Gasteiger partial charge on any atom is 0.319 e. The smallest absolute Gasteiger partial charge is 0.319 e. The molecule has 1 atom stereocenters. The van der Waals surface area contributed by atoms with Crippen molar-refractivity contribution >= 4 is 11.7 Å². The zero-order chi connectivity index (χ0) is 14.9. The van der Waals surface area contributed by atoms with Gasteiger partial charge in [-0.15, -0.1) is 0 Å². The van der Waals surface area contributed by atoms with Crippen LogP contribution in [0.15, 0.2) is 18.2 Å². The summed E-state index contributed by atoms with van der Waals surface area (Å²) in [4.78, 5) is 12.1. The summed E-state index contributed by atoms with van der Waals surface area (Å²) in [6.07, 6.45) is 4.22. The van der Waals surface area contributed by atoms with Crippen LogP contribution < -0.4 is 10.6 Å². The van der Waals surface area contributed by atoms with E-state index in [1.807, 2.05) is 6.07 Å². The molecule has 114 valence electrons. The van der Waals surface area contributed by atoms with Crippen molar-refractivity contribution < 1.29 is 9.53 Å². The highest BCUT2D eigenvalue weighted by Gasteiger charge is 2.55. The van der Waals surface area contributed by atoms with Gasteiger partial charge in [-0.25, -0.2) is 4.79 Å². The minimum Gasteiger partial charge on any atom is -0.381 e. The number of rotatable bonds is 3. The second-order valence-corrected chi connectivity index (χ2v) is 6.32. The molecule has 4 nitrogen and oxygen atoms in total. The third kappa shape index (κ3) is 3.05. The van der Waals surface area contributed by atoms with Gasteiger partial charge in [0, 0.05) is 24.9 Å². The van der Waals surface area contributed by atoms with Gasteiger partial charge in [-0.1, -0.05) is 13.0 Å². The van der Waals surface area contributed by atoms with Crippen molar-refractivity contribution in [3.8, 4) is 0 Å². The molecule has 2 N–H and O–H groups in total. The number of aryl methyl sites for hydroxylation is 2. The van der Waals surface area contributed by atoms with E-state index < -0.39 is 0 Å². The van der Waals surface area contributed by atoms with Crippen LogP contribution >= 0.6 is 0 Å². The van der Waals surface area contributed by atoms with Crippen molar-refractivity contribution in [2.45, 2.75) is 45.6 Å². The molecule has 2 fully saturated rings. The molecule has 1 saturated carbocycles. The predicted octanol–water partition coefficient (Wildman–Crippen LogP) is 3.25. The van der Waals surface area contributed by atoms with Crippen LogP contribution in [0.4, 0.5) is 10.5 Å². The van der Waals surface area contributed by atoms with E-state index in [1.54, 1.807) is 0 Å². The zero-order valence-corrected chi connectivity index (χ0v) is 12.9. The normalized spacial score (nSPS) is 22.9. The van der Waals surface area contributed by atoms with Gasteiger partial charge in [-0.3, -0.25) is 0 Å². The highest BCUT2D eigenvalue weighted by Crippen LogP contribution is 2.53. The molecule has 3 rings (SSSR count). The quantitative estimate of drug-likeness (QED) is 0.897. The van der Waals surface area contributed by atoms with Crippen LogP contribution in [0.1, 0.15) is 37.3 Å². The molecule has 0 radical (unpaired) electrons. The fourth-order valence-corrected chi connectivity index (χ4v) is 3.34. The van der Waals surface area contributed by atoms with Crippen LogP contribution in [0.3, 0.4) is 0 Å². The molecular formula is C17H24N2O2. The molecule has 1 heterocycles. The maximum atomic E-state index is 12.1. The van der Waals surface area contributed by atoms with Gasteiger partial charge in [0.2, 0.25) is 0 Å². The molecule has 1 aliphatic carbocycles. The molecular weight excluding hydrogens is 264 g/mol. The highest BCUT2D eigenvalue weighted by atomic mass is 16.5. The molecule has 21 heavy (non-hydrogen) atoms. The summed E-state index contributed by atoms with van der Waals surface area (Å²) in [7, 11) is 0. The van der Waals surface area contributed by atoms with Crippen molar-refractivity contribution in [2.75, 3.05) is 18.5 Å². The highest BCUT2D eigenvalue weighted by molar-refractivity contribution is 5.89. The number of anilines is 1. The van der Waals surface area contributed by atoms with E-state index >= 15 is 0 Å². The molecule has 1 spiro atoms. The second kappa shape index (κ2) is 5.68. The van der Waals surface area contributed by atoms with Crippen molar-refractivity contribution in [3.63, 3.8) is 0 Å². The number of nitrogens with one attached hydrogen (secondary N) is 2. The average molecular weight is 288 g/mol. The Morgan fingerprint density at radius 1 is 1.38 bits per heavy atom. The number of hydrogen-bond acceptors (Lipinski definition) is 2. The van der Waals surface area contributed by atoms with Gasteiger partial charge >= 0.3 is 6.03 Å². The van der Waals surface area contributed by atoms with E-state index in [4.69, 9.17) is 4.74 Å². The van der Waals surface area contributed by atoms with E-state index in [9.17, 15) is 4.79 Å². The molecule has 1 aromatic carbocycles. The molecule has 1 saturated heterocycles. The van der Waals surface area contributed by atoms with E-state index in [-0.39, 0.29) is 6.03 Å². The summed E-state index contributed by atoms with van der Waals surface area (Å²) < 4.78 is 5.40. The van der Waals surface area contributed by atoms with Gasteiger partial charge in [0.05, 0.1) is 0 Å². The SMILES string of the molecule is CCc1cc(NC(=O)N[C@@H]2CC23CCOCC3)ccc1C. The van der Waals surface area contributed by atoms with Crippen molar-refractivity contribution in [1.82, 2.24) is 5.32 Å². The zero-order valence-electron chi connectivity index (χ0n) is 12.9. The maximum absolute atomic E-state index is 12.1. The minimum absolute atomic E-state index is 0.0886. The lowest BCUT2D eigenvalue weighted by Crippen LogP contribution is -2.35. The minimum atomic E-state index is -0.0886. The third-order valence-corrected chi connectivity index (χ3v) is 4.97. The Hall–Kier alpha value is -1.55. The van der Waals surface area contributed by atoms with E-state index in [2.05, 4.69) is 36.6 Å². The Kier molecular flexibility index (Phi) is 3.89. The topological polar surface area (TPSA) is 50.4 Å². The first-order valence-corrected chi connectivity index (χ1v) is 7.88. The number of carbonyl (C=O) groups is 1. The summed E-state index contributed by atoms with van der Waals surface area (Å²) in [5.74, 6) is 0. The Balaban J connectivity index is 1.55. The molecule has 4 heteroatoms. The Morgan fingerprint density at radius 2 is 2.14 bits per heavy atom. The Bertz CT molecular complexity index is 536. The molecule has 0 unspecified atom stereocenters. The fourth-order valence-electron chi connectivity index (χ4n) is 3.34. The van der Waals surface area contributed by atoms with Crippen LogP contribution in [-0.4, -0.2) is 25.3 Å². The van der Waals surface area contributed by atoms with Gasteiger partial charge in [-0.2, -0.15) is 0 Å². The molecule has 0 bridgehead atoms.